The molecule has 25 heavy (non-hydrogen) atoms. The number of hydrogen-bond acceptors (Lipinski definition) is 5. The Morgan fingerprint density at radius 2 is 2.16 bits per heavy atom. The molecular weight excluding hydrogens is 320 g/mol. The van der Waals surface area contributed by atoms with Crippen LogP contribution < -0.4 is 10.1 Å². The van der Waals surface area contributed by atoms with Crippen molar-refractivity contribution in [3.63, 3.8) is 0 Å². The Hall–Kier alpha value is -2.34. The first-order chi connectivity index (χ1) is 12.2. The molecule has 0 saturated heterocycles. The highest BCUT2D eigenvalue weighted by atomic mass is 16.5. The van der Waals surface area contributed by atoms with Crippen molar-refractivity contribution in [1.82, 2.24) is 10.5 Å². The van der Waals surface area contributed by atoms with Crippen LogP contribution in [0.15, 0.2) is 28.8 Å². The maximum atomic E-state index is 12.2. The number of fused-ring (bicyclic) bond motifs is 1. The summed E-state index contributed by atoms with van der Waals surface area (Å²) < 4.78 is 10.7. The predicted molar refractivity (Wildman–Crippen MR) is 91.4 cm³/mol. The molecule has 1 fully saturated rings. The molecule has 1 aliphatic carbocycles. The first-order valence-corrected chi connectivity index (χ1v) is 8.90. The Morgan fingerprint density at radius 3 is 3.00 bits per heavy atom. The molecule has 4 rings (SSSR count). The molecule has 0 bridgehead atoms. The predicted octanol–water partition coefficient (Wildman–Crippen LogP) is 2.56. The largest absolute Gasteiger partial charge is 0.493 e. The molecule has 1 aromatic carbocycles. The minimum Gasteiger partial charge on any atom is -0.493 e. The Labute approximate surface area is 146 Å². The van der Waals surface area contributed by atoms with Crippen LogP contribution in [-0.2, 0) is 6.42 Å². The second kappa shape index (κ2) is 6.88. The van der Waals surface area contributed by atoms with E-state index < -0.39 is 6.10 Å². The van der Waals surface area contributed by atoms with Crippen molar-refractivity contribution >= 4 is 5.91 Å². The summed E-state index contributed by atoms with van der Waals surface area (Å²) in [5, 5.41) is 16.9. The topological polar surface area (TPSA) is 84.6 Å². The van der Waals surface area contributed by atoms with Gasteiger partial charge in [-0.25, -0.2) is 0 Å². The van der Waals surface area contributed by atoms with Crippen LogP contribution >= 0.6 is 0 Å². The molecule has 2 N–H and O–H groups in total. The van der Waals surface area contributed by atoms with Crippen LogP contribution in [0.2, 0.25) is 0 Å². The summed E-state index contributed by atoms with van der Waals surface area (Å²) in [6.07, 6.45) is 4.77. The van der Waals surface area contributed by atoms with Gasteiger partial charge < -0.3 is 19.7 Å². The highest BCUT2D eigenvalue weighted by Gasteiger charge is 2.24. The molecule has 2 aromatic rings. The molecule has 1 atom stereocenters. The van der Waals surface area contributed by atoms with Crippen LogP contribution in [0, 0.1) is 5.92 Å². The highest BCUT2D eigenvalue weighted by Crippen LogP contribution is 2.30. The number of nitrogens with one attached hydrogen (secondary N) is 1. The molecule has 0 radical (unpaired) electrons. The third kappa shape index (κ3) is 3.39. The van der Waals surface area contributed by atoms with E-state index in [1.165, 1.54) is 0 Å². The molecule has 6 heteroatoms. The van der Waals surface area contributed by atoms with Crippen molar-refractivity contribution in [2.75, 3.05) is 13.2 Å². The van der Waals surface area contributed by atoms with Crippen LogP contribution in [0.5, 0.6) is 5.75 Å². The van der Waals surface area contributed by atoms with Crippen LogP contribution in [0.3, 0.4) is 0 Å². The average molecular weight is 342 g/mol. The molecular formula is C19H22N2O4. The Kier molecular flexibility index (Phi) is 4.44. The highest BCUT2D eigenvalue weighted by molar-refractivity contribution is 5.92. The fraction of sp³-hybridized carbons (Fsp3) is 0.474. The van der Waals surface area contributed by atoms with Crippen LogP contribution in [0.4, 0.5) is 0 Å². The number of carbonyl (C=O) groups is 1. The van der Waals surface area contributed by atoms with Crippen molar-refractivity contribution in [3.05, 3.63) is 35.6 Å². The molecule has 132 valence electrons. The number of amides is 1. The Morgan fingerprint density at radius 1 is 1.32 bits per heavy atom. The van der Waals surface area contributed by atoms with E-state index in [9.17, 15) is 9.90 Å². The maximum Gasteiger partial charge on any atom is 0.290 e. The third-order valence-electron chi connectivity index (χ3n) is 5.13. The van der Waals surface area contributed by atoms with E-state index in [1.807, 2.05) is 18.2 Å². The van der Waals surface area contributed by atoms with Gasteiger partial charge in [-0.15, -0.1) is 0 Å². The molecule has 1 saturated carbocycles. The van der Waals surface area contributed by atoms with Gasteiger partial charge in [0.1, 0.15) is 11.4 Å². The fourth-order valence-electron chi connectivity index (χ4n) is 3.66. The number of aliphatic hydroxyl groups is 1. The molecule has 2 aliphatic rings. The van der Waals surface area contributed by atoms with E-state index in [1.54, 1.807) is 6.07 Å². The molecule has 1 aromatic heterocycles. The lowest BCUT2D eigenvalue weighted by Gasteiger charge is -2.17. The molecule has 1 aliphatic heterocycles. The zero-order valence-electron chi connectivity index (χ0n) is 14.0. The number of benzene rings is 1. The van der Waals surface area contributed by atoms with Gasteiger partial charge in [0.2, 0.25) is 5.76 Å². The molecule has 2 heterocycles. The third-order valence-corrected chi connectivity index (χ3v) is 5.13. The van der Waals surface area contributed by atoms with E-state index in [2.05, 4.69) is 10.5 Å². The normalized spacial score (nSPS) is 18.0. The number of carbonyl (C=O) groups excluding carboxylic acids is 1. The van der Waals surface area contributed by atoms with E-state index in [0.29, 0.717) is 18.2 Å². The Bertz CT molecular complexity index is 765. The lowest BCUT2D eigenvalue weighted by atomic mass is 10.0. The van der Waals surface area contributed by atoms with Gasteiger partial charge in [0.15, 0.2) is 0 Å². The monoisotopic (exact) mass is 342 g/mol. The summed E-state index contributed by atoms with van der Waals surface area (Å²) >= 11 is 0. The number of hydrogen-bond donors (Lipinski definition) is 2. The van der Waals surface area contributed by atoms with Gasteiger partial charge in [-0.1, -0.05) is 18.0 Å². The lowest BCUT2D eigenvalue weighted by Crippen LogP contribution is -2.35. The zero-order valence-corrected chi connectivity index (χ0v) is 14.0. The van der Waals surface area contributed by atoms with Crippen molar-refractivity contribution in [3.8, 4) is 17.0 Å². The molecule has 1 amide bonds. The summed E-state index contributed by atoms with van der Waals surface area (Å²) in [6, 6.07) is 7.48. The van der Waals surface area contributed by atoms with Crippen molar-refractivity contribution < 1.29 is 19.2 Å². The standard InChI is InChI=1S/C19H22N2O4/c22-16(12-3-1-2-4-12)11-20-19(23)18-10-15(21-25-18)13-5-6-17-14(9-13)7-8-24-17/h5-6,9-10,12,16,22H,1-4,7-8,11H2,(H,20,23). The zero-order chi connectivity index (χ0) is 17.2. The summed E-state index contributed by atoms with van der Waals surface area (Å²) in [5.41, 5.74) is 2.67. The number of nitrogens with zero attached hydrogens (tertiary/aromatic N) is 1. The SMILES string of the molecule is O=C(NCC(O)C1CCCC1)c1cc(-c2ccc3c(c2)CCO3)no1. The van der Waals surface area contributed by atoms with Gasteiger partial charge in [0, 0.05) is 24.6 Å². The summed E-state index contributed by atoms with van der Waals surface area (Å²) in [4.78, 5) is 12.2. The second-order valence-electron chi connectivity index (χ2n) is 6.82. The molecule has 6 nitrogen and oxygen atoms in total. The van der Waals surface area contributed by atoms with Gasteiger partial charge in [0.05, 0.1) is 12.7 Å². The Balaban J connectivity index is 1.39. The molecule has 1 unspecified atom stereocenters. The summed E-state index contributed by atoms with van der Waals surface area (Å²) in [6.45, 7) is 0.949. The second-order valence-corrected chi connectivity index (χ2v) is 6.82. The lowest BCUT2D eigenvalue weighted by molar-refractivity contribution is 0.0811. The van der Waals surface area contributed by atoms with Crippen LogP contribution in [0.25, 0.3) is 11.3 Å². The minimum atomic E-state index is -0.495. The van der Waals surface area contributed by atoms with Crippen molar-refractivity contribution in [2.24, 2.45) is 5.92 Å². The quantitative estimate of drug-likeness (QED) is 0.872. The van der Waals surface area contributed by atoms with Gasteiger partial charge in [-0.2, -0.15) is 0 Å². The first-order valence-electron chi connectivity index (χ1n) is 8.90. The maximum absolute atomic E-state index is 12.2. The van der Waals surface area contributed by atoms with E-state index in [-0.39, 0.29) is 18.2 Å². The van der Waals surface area contributed by atoms with Crippen molar-refractivity contribution in [1.29, 1.82) is 0 Å². The molecule has 0 spiro atoms. The fourth-order valence-corrected chi connectivity index (χ4v) is 3.66. The van der Waals surface area contributed by atoms with Gasteiger partial charge in [-0.3, -0.25) is 4.79 Å². The van der Waals surface area contributed by atoms with Crippen LogP contribution in [-0.4, -0.2) is 35.4 Å². The summed E-state index contributed by atoms with van der Waals surface area (Å²) in [7, 11) is 0. The van der Waals surface area contributed by atoms with Crippen LogP contribution in [0.1, 0.15) is 41.8 Å². The number of ether oxygens (including phenoxy) is 1. The number of aromatic nitrogens is 1. The van der Waals surface area contributed by atoms with Crippen molar-refractivity contribution in [2.45, 2.75) is 38.2 Å². The first kappa shape index (κ1) is 16.1. The van der Waals surface area contributed by atoms with Gasteiger partial charge in [0.25, 0.3) is 5.91 Å². The van der Waals surface area contributed by atoms with E-state index >= 15 is 0 Å². The number of aliphatic hydroxyl groups excluding tert-OH is 1. The van der Waals surface area contributed by atoms with Gasteiger partial charge >= 0.3 is 0 Å². The summed E-state index contributed by atoms with van der Waals surface area (Å²) in [5.74, 6) is 1.01. The van der Waals surface area contributed by atoms with Gasteiger partial charge in [-0.05, 0) is 42.5 Å². The smallest absolute Gasteiger partial charge is 0.290 e. The van der Waals surface area contributed by atoms with E-state index in [0.717, 1.165) is 49.0 Å². The van der Waals surface area contributed by atoms with E-state index in [4.69, 9.17) is 9.26 Å². The average Bonchev–Trinajstić information content (AvgIpc) is 3.39. The number of rotatable bonds is 5. The minimum absolute atomic E-state index is 0.158.